The van der Waals surface area contributed by atoms with Crippen molar-refractivity contribution in [2.45, 2.75) is 67.7 Å². The number of nitrogens with zero attached hydrogens (tertiary/aromatic N) is 1. The first-order chi connectivity index (χ1) is 13.9. The minimum Gasteiger partial charge on any atom is -0.337 e. The minimum absolute atomic E-state index is 0.0386. The van der Waals surface area contributed by atoms with Crippen LogP contribution < -0.4 is 0 Å². The number of halogens is 1. The van der Waals surface area contributed by atoms with Crippen molar-refractivity contribution in [2.75, 3.05) is 0 Å². The Morgan fingerprint density at radius 3 is 2.34 bits per heavy atom. The van der Waals surface area contributed by atoms with E-state index in [-0.39, 0.29) is 18.0 Å². The van der Waals surface area contributed by atoms with Gasteiger partial charge in [0.2, 0.25) is 5.91 Å². The fourth-order valence-electron chi connectivity index (χ4n) is 4.83. The van der Waals surface area contributed by atoms with Gasteiger partial charge in [-0.05, 0) is 68.4 Å². The first-order valence-electron chi connectivity index (χ1n) is 10.2. The van der Waals surface area contributed by atoms with Crippen LogP contribution in [0, 0.1) is 6.92 Å². The van der Waals surface area contributed by atoms with Crippen LogP contribution in [0.4, 0.5) is 0 Å². The van der Waals surface area contributed by atoms with Gasteiger partial charge in [0, 0.05) is 23.5 Å². The van der Waals surface area contributed by atoms with E-state index >= 15 is 0 Å². The molecule has 0 saturated carbocycles. The van der Waals surface area contributed by atoms with Crippen molar-refractivity contribution >= 4 is 27.3 Å². The Morgan fingerprint density at radius 2 is 1.72 bits per heavy atom. The van der Waals surface area contributed by atoms with Gasteiger partial charge in [0.1, 0.15) is 0 Å². The van der Waals surface area contributed by atoms with Gasteiger partial charge in [-0.15, -0.1) is 0 Å². The summed E-state index contributed by atoms with van der Waals surface area (Å²) in [6, 6.07) is 14.6. The van der Waals surface area contributed by atoms with Gasteiger partial charge >= 0.3 is 0 Å². The summed E-state index contributed by atoms with van der Waals surface area (Å²) in [5.41, 5.74) is 2.12. The molecule has 0 aliphatic carbocycles. The number of benzene rings is 2. The second-order valence-electron chi connectivity index (χ2n) is 8.22. The third-order valence-corrected chi connectivity index (χ3v) is 8.95. The molecule has 2 heterocycles. The predicted octanol–water partition coefficient (Wildman–Crippen LogP) is 4.58. The van der Waals surface area contributed by atoms with Crippen LogP contribution in [0.15, 0.2) is 53.4 Å². The highest BCUT2D eigenvalue weighted by atomic mass is 35.5. The summed E-state index contributed by atoms with van der Waals surface area (Å²) in [5, 5.41) is 0.338. The Bertz CT molecular complexity index is 992. The number of piperidine rings is 1. The van der Waals surface area contributed by atoms with E-state index in [1.165, 1.54) is 0 Å². The maximum absolute atomic E-state index is 13.0. The molecule has 2 bridgehead atoms. The van der Waals surface area contributed by atoms with E-state index in [9.17, 15) is 13.2 Å². The molecule has 6 heteroatoms. The van der Waals surface area contributed by atoms with Crippen LogP contribution in [-0.4, -0.2) is 36.6 Å². The van der Waals surface area contributed by atoms with Gasteiger partial charge in [-0.2, -0.15) is 0 Å². The molecule has 29 heavy (non-hydrogen) atoms. The topological polar surface area (TPSA) is 54.5 Å². The van der Waals surface area contributed by atoms with Crippen molar-refractivity contribution in [3.05, 3.63) is 64.7 Å². The van der Waals surface area contributed by atoms with Gasteiger partial charge in [-0.25, -0.2) is 8.42 Å². The fourth-order valence-corrected chi connectivity index (χ4v) is 6.82. The Morgan fingerprint density at radius 1 is 1.07 bits per heavy atom. The lowest BCUT2D eigenvalue weighted by atomic mass is 10.0. The van der Waals surface area contributed by atoms with Gasteiger partial charge in [-0.3, -0.25) is 4.79 Å². The zero-order chi connectivity index (χ0) is 20.6. The lowest BCUT2D eigenvalue weighted by Gasteiger charge is -2.38. The molecule has 0 spiro atoms. The third kappa shape index (κ3) is 4.08. The van der Waals surface area contributed by atoms with E-state index in [1.54, 1.807) is 24.3 Å². The van der Waals surface area contributed by atoms with Crippen molar-refractivity contribution in [3.63, 3.8) is 0 Å². The van der Waals surface area contributed by atoms with Crippen LogP contribution in [0.5, 0.6) is 0 Å². The third-order valence-electron chi connectivity index (χ3n) is 6.34. The van der Waals surface area contributed by atoms with Gasteiger partial charge in [-0.1, -0.05) is 41.9 Å². The number of amides is 1. The molecule has 2 aromatic rings. The average molecular weight is 432 g/mol. The summed E-state index contributed by atoms with van der Waals surface area (Å²) in [6.45, 7) is 1.96. The van der Waals surface area contributed by atoms with Crippen LogP contribution in [-0.2, 0) is 21.1 Å². The van der Waals surface area contributed by atoms with Crippen LogP contribution in [0.25, 0.3) is 0 Å². The molecule has 2 atom stereocenters. The number of sulfone groups is 1. The fraction of sp³-hybridized carbons (Fsp3) is 0.435. The zero-order valence-electron chi connectivity index (χ0n) is 16.6. The molecule has 2 aliphatic heterocycles. The van der Waals surface area contributed by atoms with Crippen molar-refractivity contribution in [3.8, 4) is 0 Å². The quantitative estimate of drug-likeness (QED) is 0.696. The van der Waals surface area contributed by atoms with Crippen LogP contribution in [0.2, 0.25) is 5.02 Å². The normalized spacial score (nSPS) is 23.9. The molecular formula is C23H26ClNO3S. The molecule has 2 aliphatic rings. The van der Waals surface area contributed by atoms with E-state index < -0.39 is 15.1 Å². The number of carbonyl (C=O) groups excluding carboxylic acids is 1. The Kier molecular flexibility index (Phi) is 5.71. The van der Waals surface area contributed by atoms with Crippen molar-refractivity contribution in [1.29, 1.82) is 0 Å². The highest BCUT2D eigenvalue weighted by Gasteiger charge is 2.46. The molecule has 4 rings (SSSR count). The van der Waals surface area contributed by atoms with Gasteiger partial charge in [0.15, 0.2) is 9.84 Å². The maximum Gasteiger partial charge on any atom is 0.223 e. The monoisotopic (exact) mass is 431 g/mol. The lowest BCUT2D eigenvalue weighted by molar-refractivity contribution is -0.135. The van der Waals surface area contributed by atoms with Crippen LogP contribution in [0.3, 0.4) is 0 Å². The average Bonchev–Trinajstić information content (AvgIpc) is 2.98. The summed E-state index contributed by atoms with van der Waals surface area (Å²) in [6.07, 6.45) is 4.01. The van der Waals surface area contributed by atoms with E-state index in [0.717, 1.165) is 29.0 Å². The van der Waals surface area contributed by atoms with E-state index in [0.29, 0.717) is 30.6 Å². The number of carbonyl (C=O) groups is 1. The number of fused-ring (bicyclic) bond motifs is 2. The highest BCUT2D eigenvalue weighted by molar-refractivity contribution is 7.92. The van der Waals surface area contributed by atoms with Gasteiger partial charge < -0.3 is 4.90 Å². The summed E-state index contributed by atoms with van der Waals surface area (Å²) in [7, 11) is -3.35. The molecule has 4 nitrogen and oxygen atoms in total. The van der Waals surface area contributed by atoms with E-state index in [2.05, 4.69) is 0 Å². The second kappa shape index (κ2) is 8.11. The second-order valence-corrected chi connectivity index (χ2v) is 10.9. The smallest absolute Gasteiger partial charge is 0.223 e. The molecule has 0 radical (unpaired) electrons. The molecule has 2 saturated heterocycles. The molecule has 2 fully saturated rings. The molecular weight excluding hydrogens is 406 g/mol. The number of hydrogen-bond acceptors (Lipinski definition) is 3. The molecule has 2 aromatic carbocycles. The Hall–Kier alpha value is -1.85. The summed E-state index contributed by atoms with van der Waals surface area (Å²) in [4.78, 5) is 15.3. The number of aryl methyl sites for hydroxylation is 2. The highest BCUT2D eigenvalue weighted by Crippen LogP contribution is 2.40. The molecule has 154 valence electrons. The van der Waals surface area contributed by atoms with E-state index in [1.807, 2.05) is 36.1 Å². The number of hydrogen-bond donors (Lipinski definition) is 0. The van der Waals surface area contributed by atoms with Crippen LogP contribution >= 0.6 is 11.6 Å². The van der Waals surface area contributed by atoms with Crippen LogP contribution in [0.1, 0.15) is 43.2 Å². The minimum atomic E-state index is -3.35. The molecule has 0 aromatic heterocycles. The number of rotatable bonds is 5. The SMILES string of the molecule is Cc1cc(CCC(=O)N2C3CCC2CC(S(=O)(=O)c2ccccc2)C3)ccc1Cl. The Labute approximate surface area is 177 Å². The maximum atomic E-state index is 13.0. The summed E-state index contributed by atoms with van der Waals surface area (Å²) >= 11 is 6.08. The molecule has 0 N–H and O–H groups in total. The van der Waals surface area contributed by atoms with Crippen molar-refractivity contribution in [1.82, 2.24) is 4.90 Å². The van der Waals surface area contributed by atoms with Crippen molar-refractivity contribution in [2.24, 2.45) is 0 Å². The summed E-state index contributed by atoms with van der Waals surface area (Å²) in [5.74, 6) is 0.140. The van der Waals surface area contributed by atoms with Gasteiger partial charge in [0.25, 0.3) is 0 Å². The zero-order valence-corrected chi connectivity index (χ0v) is 18.1. The first-order valence-corrected chi connectivity index (χ1v) is 12.1. The van der Waals surface area contributed by atoms with Crippen molar-refractivity contribution < 1.29 is 13.2 Å². The molecule has 2 unspecified atom stereocenters. The lowest BCUT2D eigenvalue weighted by Crippen LogP contribution is -2.49. The largest absolute Gasteiger partial charge is 0.337 e. The van der Waals surface area contributed by atoms with E-state index in [4.69, 9.17) is 11.6 Å². The first kappa shape index (κ1) is 20.4. The standard InChI is InChI=1S/C23H26ClNO3S/c1-16-13-17(7-11-22(16)24)8-12-23(26)25-18-9-10-19(25)15-21(14-18)29(27,28)20-5-3-2-4-6-20/h2-7,11,13,18-19,21H,8-10,12,14-15H2,1H3. The Balaban J connectivity index is 1.42. The predicted molar refractivity (Wildman–Crippen MR) is 115 cm³/mol. The van der Waals surface area contributed by atoms with Gasteiger partial charge in [0.05, 0.1) is 10.1 Å². The molecule has 1 amide bonds. The summed E-state index contributed by atoms with van der Waals surface area (Å²) < 4.78 is 26.1.